The number of aliphatic carboxylic acids is 2. The number of hydrogen-bond acceptors (Lipinski definition) is 7. The fourth-order valence-corrected chi connectivity index (χ4v) is 2.96. The highest BCUT2D eigenvalue weighted by Crippen LogP contribution is 2.06. The van der Waals surface area contributed by atoms with Gasteiger partial charge in [0.1, 0.15) is 18.1 Å². The van der Waals surface area contributed by atoms with Gasteiger partial charge in [0.05, 0.1) is 18.9 Å². The number of nitrogens with two attached hydrogens (primary N) is 2. The van der Waals surface area contributed by atoms with E-state index in [1.165, 1.54) is 0 Å². The van der Waals surface area contributed by atoms with Crippen molar-refractivity contribution < 1.29 is 39.0 Å². The number of carbonyl (C=O) groups is 6. The van der Waals surface area contributed by atoms with E-state index >= 15 is 0 Å². The monoisotopic (exact) mass is 493 g/mol. The first kappa shape index (κ1) is 29.0. The Morgan fingerprint density at radius 1 is 0.800 bits per heavy atom. The Kier molecular flexibility index (Phi) is 11.3. The van der Waals surface area contributed by atoms with Crippen molar-refractivity contribution in [1.29, 1.82) is 0 Å². The quantitative estimate of drug-likeness (QED) is 0.153. The van der Waals surface area contributed by atoms with Gasteiger partial charge < -0.3 is 37.6 Å². The molecule has 9 N–H and O–H groups in total. The molecule has 0 aromatic heterocycles. The van der Waals surface area contributed by atoms with Crippen molar-refractivity contribution in [3.8, 4) is 0 Å². The molecule has 0 bridgehead atoms. The number of primary amides is 1. The number of carbonyl (C=O) groups excluding carboxylic acids is 4. The maximum absolute atomic E-state index is 12.8. The molecule has 13 nitrogen and oxygen atoms in total. The highest BCUT2D eigenvalue weighted by molar-refractivity contribution is 5.97. The maximum atomic E-state index is 12.8. The third-order valence-corrected chi connectivity index (χ3v) is 4.97. The van der Waals surface area contributed by atoms with Crippen LogP contribution in [0.2, 0.25) is 0 Å². The van der Waals surface area contributed by atoms with Crippen molar-refractivity contribution in [2.45, 2.75) is 57.3 Å². The Bertz CT molecular complexity index is 937. The molecule has 0 aliphatic rings. The van der Waals surface area contributed by atoms with E-state index in [0.717, 1.165) is 0 Å². The summed E-state index contributed by atoms with van der Waals surface area (Å²) in [5.41, 5.74) is 11.5. The zero-order valence-electron chi connectivity index (χ0n) is 19.4. The van der Waals surface area contributed by atoms with Crippen LogP contribution in [0.3, 0.4) is 0 Å². The highest BCUT2D eigenvalue weighted by Gasteiger charge is 2.32. The first-order valence-electron chi connectivity index (χ1n) is 10.7. The fraction of sp³-hybridized carbons (Fsp3) is 0.455. The smallest absolute Gasteiger partial charge is 0.326 e. The number of carboxylic acid groups (broad SMARTS) is 2. The second-order valence-electron chi connectivity index (χ2n) is 8.25. The molecule has 1 rings (SSSR count). The standard InChI is InChI=1S/C22H31N5O8/c1-11(2)18(24)21(33)26-13(9-16(23)28)19(31)25-14(10-17(29)30)20(32)27-15(22(34)35)8-12-6-4-3-5-7-12/h3-7,11,13-15,18H,8-10,24H2,1-2H3,(H2,23,28)(H,25,31)(H,26,33)(H,27,32)(H,29,30)(H,34,35). The summed E-state index contributed by atoms with van der Waals surface area (Å²) in [5, 5.41) is 25.3. The van der Waals surface area contributed by atoms with Crippen LogP contribution in [0.15, 0.2) is 30.3 Å². The summed E-state index contributed by atoms with van der Waals surface area (Å²) in [7, 11) is 0. The van der Waals surface area contributed by atoms with Crippen molar-refractivity contribution in [3.63, 3.8) is 0 Å². The van der Waals surface area contributed by atoms with Crippen LogP contribution < -0.4 is 27.4 Å². The van der Waals surface area contributed by atoms with Gasteiger partial charge in [-0.05, 0) is 11.5 Å². The molecule has 0 aliphatic heterocycles. The van der Waals surface area contributed by atoms with Gasteiger partial charge in [0, 0.05) is 6.42 Å². The predicted molar refractivity (Wildman–Crippen MR) is 122 cm³/mol. The average molecular weight is 494 g/mol. The maximum Gasteiger partial charge on any atom is 0.326 e. The molecule has 1 aromatic carbocycles. The summed E-state index contributed by atoms with van der Waals surface area (Å²) in [6, 6.07) is 2.73. The van der Waals surface area contributed by atoms with E-state index in [4.69, 9.17) is 11.5 Å². The van der Waals surface area contributed by atoms with E-state index < -0.39 is 72.6 Å². The minimum atomic E-state index is -1.70. The van der Waals surface area contributed by atoms with Crippen LogP contribution in [-0.2, 0) is 35.2 Å². The molecule has 4 amide bonds. The SMILES string of the molecule is CC(C)C(N)C(=O)NC(CC(N)=O)C(=O)NC(CC(=O)O)C(=O)NC(Cc1ccccc1)C(=O)O. The highest BCUT2D eigenvalue weighted by atomic mass is 16.4. The number of nitrogens with one attached hydrogen (secondary N) is 3. The Hall–Kier alpha value is -4.00. The summed E-state index contributed by atoms with van der Waals surface area (Å²) < 4.78 is 0. The molecule has 0 spiro atoms. The summed E-state index contributed by atoms with van der Waals surface area (Å²) in [5.74, 6) is -6.97. The van der Waals surface area contributed by atoms with Gasteiger partial charge in [-0.25, -0.2) is 4.79 Å². The minimum Gasteiger partial charge on any atom is -0.481 e. The van der Waals surface area contributed by atoms with E-state index in [-0.39, 0.29) is 12.3 Å². The Balaban J connectivity index is 3.03. The lowest BCUT2D eigenvalue weighted by molar-refractivity contribution is -0.143. The lowest BCUT2D eigenvalue weighted by Gasteiger charge is -2.24. The van der Waals surface area contributed by atoms with E-state index in [1.807, 2.05) is 0 Å². The first-order valence-corrected chi connectivity index (χ1v) is 10.7. The van der Waals surface area contributed by atoms with E-state index in [0.29, 0.717) is 5.56 Å². The number of benzene rings is 1. The topological polar surface area (TPSA) is 231 Å². The largest absolute Gasteiger partial charge is 0.481 e. The van der Waals surface area contributed by atoms with Gasteiger partial charge >= 0.3 is 11.9 Å². The van der Waals surface area contributed by atoms with E-state index in [9.17, 15) is 39.0 Å². The fourth-order valence-electron chi connectivity index (χ4n) is 2.96. The van der Waals surface area contributed by atoms with Crippen molar-refractivity contribution in [2.75, 3.05) is 0 Å². The summed E-state index contributed by atoms with van der Waals surface area (Å²) >= 11 is 0. The van der Waals surface area contributed by atoms with Crippen molar-refractivity contribution in [3.05, 3.63) is 35.9 Å². The molecule has 1 aromatic rings. The molecule has 0 heterocycles. The molecular formula is C22H31N5O8. The second-order valence-corrected chi connectivity index (χ2v) is 8.25. The number of hydrogen-bond donors (Lipinski definition) is 7. The van der Waals surface area contributed by atoms with Crippen LogP contribution in [-0.4, -0.2) is 69.9 Å². The van der Waals surface area contributed by atoms with Gasteiger partial charge in [-0.3, -0.25) is 24.0 Å². The van der Waals surface area contributed by atoms with Crippen molar-refractivity contribution in [1.82, 2.24) is 16.0 Å². The molecule has 4 unspecified atom stereocenters. The third kappa shape index (κ3) is 10.2. The third-order valence-electron chi connectivity index (χ3n) is 4.97. The molecule has 4 atom stereocenters. The zero-order chi connectivity index (χ0) is 26.7. The van der Waals surface area contributed by atoms with Gasteiger partial charge in [0.2, 0.25) is 23.6 Å². The normalized spacial score (nSPS) is 14.2. The van der Waals surface area contributed by atoms with Crippen LogP contribution in [0.25, 0.3) is 0 Å². The lowest BCUT2D eigenvalue weighted by Crippen LogP contribution is -2.58. The Morgan fingerprint density at radius 2 is 1.29 bits per heavy atom. The van der Waals surface area contributed by atoms with Crippen LogP contribution in [0.1, 0.15) is 32.3 Å². The summed E-state index contributed by atoms with van der Waals surface area (Å²) in [6.07, 6.45) is -1.63. The van der Waals surface area contributed by atoms with Crippen LogP contribution >= 0.6 is 0 Å². The Labute approximate surface area is 201 Å². The molecule has 0 aliphatic carbocycles. The van der Waals surface area contributed by atoms with Crippen LogP contribution in [0.5, 0.6) is 0 Å². The molecule has 192 valence electrons. The van der Waals surface area contributed by atoms with Crippen molar-refractivity contribution in [2.24, 2.45) is 17.4 Å². The number of rotatable bonds is 14. The number of carboxylic acids is 2. The second kappa shape index (κ2) is 13.6. The van der Waals surface area contributed by atoms with Gasteiger partial charge in [0.25, 0.3) is 0 Å². The minimum absolute atomic E-state index is 0.0941. The van der Waals surface area contributed by atoms with Crippen LogP contribution in [0.4, 0.5) is 0 Å². The molecule has 0 saturated heterocycles. The summed E-state index contributed by atoms with van der Waals surface area (Å²) in [6.45, 7) is 3.32. The Morgan fingerprint density at radius 3 is 1.74 bits per heavy atom. The first-order chi connectivity index (χ1) is 16.3. The van der Waals surface area contributed by atoms with Gasteiger partial charge in [-0.2, -0.15) is 0 Å². The molecule has 13 heteroatoms. The summed E-state index contributed by atoms with van der Waals surface area (Å²) in [4.78, 5) is 72.1. The van der Waals surface area contributed by atoms with Crippen molar-refractivity contribution >= 4 is 35.6 Å². The van der Waals surface area contributed by atoms with Gasteiger partial charge in [-0.15, -0.1) is 0 Å². The average Bonchev–Trinajstić information content (AvgIpc) is 2.76. The number of amides is 4. The van der Waals surface area contributed by atoms with Gasteiger partial charge in [0.15, 0.2) is 0 Å². The van der Waals surface area contributed by atoms with E-state index in [1.54, 1.807) is 44.2 Å². The predicted octanol–water partition coefficient (Wildman–Crippen LogP) is -1.90. The molecule has 0 saturated carbocycles. The molecule has 35 heavy (non-hydrogen) atoms. The molecule has 0 radical (unpaired) electrons. The van der Waals surface area contributed by atoms with Crippen LogP contribution in [0, 0.1) is 5.92 Å². The van der Waals surface area contributed by atoms with Gasteiger partial charge in [-0.1, -0.05) is 44.2 Å². The zero-order valence-corrected chi connectivity index (χ0v) is 19.4. The molecule has 0 fully saturated rings. The van der Waals surface area contributed by atoms with E-state index in [2.05, 4.69) is 16.0 Å². The molecular weight excluding hydrogens is 462 g/mol. The lowest BCUT2D eigenvalue weighted by atomic mass is 10.0.